The summed E-state index contributed by atoms with van der Waals surface area (Å²) in [6, 6.07) is 0. The van der Waals surface area contributed by atoms with Gasteiger partial charge in [0.2, 0.25) is 0 Å². The maximum atomic E-state index is 2.18. The molecular weight excluding hydrogens is 151 g/mol. The van der Waals surface area contributed by atoms with Crippen LogP contribution in [0.2, 0.25) is 0 Å². The van der Waals surface area contributed by atoms with Crippen LogP contribution in [0.25, 0.3) is 0 Å². The number of allylic oxidation sites excluding steroid dienone is 4. The Bertz CT molecular complexity index is 70.2. The Morgan fingerprint density at radius 3 is 1.43 bits per heavy atom. The monoisotopic (exact) mass is 162 g/mol. The summed E-state index contributed by atoms with van der Waals surface area (Å²) in [6.07, 6.45) is 11.0. The van der Waals surface area contributed by atoms with E-state index in [0.717, 1.165) is 0 Å². The molecule has 0 atom stereocenters. The standard InChI is InChI=1S/C6H8.H2Se/c1-2-4-6-5-3-1;/h1-4H,5-6H2;1H2. The maximum absolute atomic E-state index is 2.18. The van der Waals surface area contributed by atoms with Crippen molar-refractivity contribution in [1.29, 1.82) is 0 Å². The van der Waals surface area contributed by atoms with Gasteiger partial charge in [-0.25, -0.2) is 0 Å². The molecule has 0 aromatic carbocycles. The fourth-order valence-electron chi connectivity index (χ4n) is 0.542. The molecule has 7 heavy (non-hydrogen) atoms. The molecule has 0 aromatic heterocycles. The first-order valence-electron chi connectivity index (χ1n) is 2.32. The molecule has 0 radical (unpaired) electrons. The summed E-state index contributed by atoms with van der Waals surface area (Å²) in [5.41, 5.74) is 0. The third kappa shape index (κ3) is 2.67. The Hall–Kier alpha value is -0.000519. The first-order valence-corrected chi connectivity index (χ1v) is 2.32. The van der Waals surface area contributed by atoms with E-state index < -0.39 is 0 Å². The third-order valence-corrected chi connectivity index (χ3v) is 0.883. The van der Waals surface area contributed by atoms with Crippen molar-refractivity contribution >= 4 is 17.1 Å². The molecule has 1 heteroatoms. The van der Waals surface area contributed by atoms with Crippen LogP contribution in [0.15, 0.2) is 24.3 Å². The molecule has 0 N–H and O–H groups in total. The molecule has 0 spiro atoms. The van der Waals surface area contributed by atoms with Gasteiger partial charge in [-0.2, -0.15) is 0 Å². The topological polar surface area (TPSA) is 0 Å². The summed E-state index contributed by atoms with van der Waals surface area (Å²) in [5, 5.41) is 0. The van der Waals surface area contributed by atoms with Gasteiger partial charge < -0.3 is 0 Å². The Morgan fingerprint density at radius 1 is 0.857 bits per heavy atom. The number of rotatable bonds is 0. The van der Waals surface area contributed by atoms with Crippen LogP contribution in [0.1, 0.15) is 12.8 Å². The number of hydrogen-bond acceptors (Lipinski definition) is 0. The van der Waals surface area contributed by atoms with E-state index in [1.165, 1.54) is 12.8 Å². The fourth-order valence-corrected chi connectivity index (χ4v) is 0.542. The van der Waals surface area contributed by atoms with Crippen LogP contribution in [0.3, 0.4) is 0 Å². The van der Waals surface area contributed by atoms with Crippen molar-refractivity contribution in [2.45, 2.75) is 12.8 Å². The molecule has 0 nitrogen and oxygen atoms in total. The second kappa shape index (κ2) is 4.17. The van der Waals surface area contributed by atoms with Crippen molar-refractivity contribution < 1.29 is 0 Å². The van der Waals surface area contributed by atoms with Gasteiger partial charge in [0.05, 0.1) is 0 Å². The van der Waals surface area contributed by atoms with E-state index in [1.54, 1.807) is 0 Å². The van der Waals surface area contributed by atoms with Gasteiger partial charge >= 0.3 is 17.1 Å². The van der Waals surface area contributed by atoms with Gasteiger partial charge in [-0.15, -0.1) is 0 Å². The quantitative estimate of drug-likeness (QED) is 0.464. The van der Waals surface area contributed by atoms with E-state index in [0.29, 0.717) is 0 Å². The molecule has 1 rings (SSSR count). The van der Waals surface area contributed by atoms with E-state index in [9.17, 15) is 0 Å². The molecule has 0 bridgehead atoms. The Morgan fingerprint density at radius 2 is 1.29 bits per heavy atom. The average Bonchev–Trinajstić information content (AvgIpc) is 1.72. The van der Waals surface area contributed by atoms with Crippen molar-refractivity contribution in [3.05, 3.63) is 24.3 Å². The zero-order valence-electron chi connectivity index (χ0n) is 4.22. The van der Waals surface area contributed by atoms with Gasteiger partial charge in [-0.1, -0.05) is 24.3 Å². The van der Waals surface area contributed by atoms with Crippen molar-refractivity contribution in [2.75, 3.05) is 0 Å². The molecule has 0 saturated carbocycles. The van der Waals surface area contributed by atoms with E-state index >= 15 is 0 Å². The summed E-state index contributed by atoms with van der Waals surface area (Å²) in [4.78, 5) is 0. The first kappa shape index (κ1) is 7.00. The van der Waals surface area contributed by atoms with Crippen molar-refractivity contribution in [1.82, 2.24) is 0 Å². The van der Waals surface area contributed by atoms with Crippen LogP contribution in [0.4, 0.5) is 0 Å². The van der Waals surface area contributed by atoms with Crippen LogP contribution in [0, 0.1) is 0 Å². The first-order chi connectivity index (χ1) is 3.00. The second-order valence-corrected chi connectivity index (χ2v) is 1.43. The Balaban J connectivity index is 0.000000360. The van der Waals surface area contributed by atoms with Gasteiger partial charge in [0, 0.05) is 0 Å². The molecule has 0 aliphatic heterocycles. The van der Waals surface area contributed by atoms with Gasteiger partial charge in [-0.05, 0) is 12.8 Å². The predicted molar refractivity (Wildman–Crippen MR) is 36.1 cm³/mol. The fraction of sp³-hybridized carbons (Fsp3) is 0.333. The van der Waals surface area contributed by atoms with Crippen molar-refractivity contribution in [2.24, 2.45) is 0 Å². The molecule has 1 aliphatic rings. The summed E-state index contributed by atoms with van der Waals surface area (Å²) in [7, 11) is 0. The zero-order valence-corrected chi connectivity index (χ0v) is 6.32. The molecule has 0 heterocycles. The van der Waals surface area contributed by atoms with Gasteiger partial charge in [0.25, 0.3) is 0 Å². The van der Waals surface area contributed by atoms with E-state index in [4.69, 9.17) is 0 Å². The van der Waals surface area contributed by atoms with E-state index in [-0.39, 0.29) is 17.1 Å². The van der Waals surface area contributed by atoms with Crippen LogP contribution in [-0.2, 0) is 0 Å². The van der Waals surface area contributed by atoms with E-state index in [1.807, 2.05) is 0 Å². The van der Waals surface area contributed by atoms with Gasteiger partial charge in [0.15, 0.2) is 0 Å². The Labute approximate surface area is 54.8 Å². The minimum atomic E-state index is 0. The second-order valence-electron chi connectivity index (χ2n) is 1.43. The van der Waals surface area contributed by atoms with Gasteiger partial charge in [-0.3, -0.25) is 0 Å². The van der Waals surface area contributed by atoms with E-state index in [2.05, 4.69) is 24.3 Å². The summed E-state index contributed by atoms with van der Waals surface area (Å²) in [6.45, 7) is 0. The van der Waals surface area contributed by atoms with Gasteiger partial charge in [0.1, 0.15) is 0 Å². The molecule has 0 fully saturated rings. The van der Waals surface area contributed by atoms with Crippen molar-refractivity contribution in [3.63, 3.8) is 0 Å². The molecule has 1 aliphatic carbocycles. The average molecular weight is 161 g/mol. The Kier molecular flexibility index (Phi) is 4.17. The van der Waals surface area contributed by atoms with Crippen LogP contribution in [0.5, 0.6) is 0 Å². The normalized spacial score (nSPS) is 16.0. The predicted octanol–water partition coefficient (Wildman–Crippen LogP) is 0.976. The third-order valence-electron chi connectivity index (χ3n) is 0.883. The summed E-state index contributed by atoms with van der Waals surface area (Å²) in [5.74, 6) is 0. The SMILES string of the molecule is C1=CCCC=C1.[SeH2]. The van der Waals surface area contributed by atoms with Crippen LogP contribution < -0.4 is 0 Å². The summed E-state index contributed by atoms with van der Waals surface area (Å²) < 4.78 is 0. The molecule has 0 aromatic rings. The van der Waals surface area contributed by atoms with Crippen LogP contribution in [-0.4, -0.2) is 17.1 Å². The molecule has 0 saturated heterocycles. The summed E-state index contributed by atoms with van der Waals surface area (Å²) >= 11 is 0. The van der Waals surface area contributed by atoms with Crippen molar-refractivity contribution in [3.8, 4) is 0 Å². The zero-order chi connectivity index (χ0) is 4.24. The molecular formula is C6H10Se. The molecule has 40 valence electrons. The van der Waals surface area contributed by atoms with Crippen LogP contribution >= 0.6 is 0 Å². The number of hydrogen-bond donors (Lipinski definition) is 0. The minimum absolute atomic E-state index is 0. The molecule has 0 unspecified atom stereocenters. The molecule has 0 amide bonds.